The lowest BCUT2D eigenvalue weighted by Gasteiger charge is -2.35. The fraction of sp³-hybridized carbons (Fsp3) is 0.368. The minimum Gasteiger partial charge on any atom is -0.335 e. The summed E-state index contributed by atoms with van der Waals surface area (Å²) in [6.07, 6.45) is 7.05. The topological polar surface area (TPSA) is 33.2 Å². The van der Waals surface area contributed by atoms with Crippen LogP contribution in [-0.2, 0) is 12.8 Å². The SMILES string of the molecule is CCCN(C(=O)c1ccncc1Cl)[C@H]1CCc2ccccc2C1. The van der Waals surface area contributed by atoms with Crippen LogP contribution in [0.15, 0.2) is 42.7 Å². The largest absolute Gasteiger partial charge is 0.335 e. The molecule has 0 aliphatic heterocycles. The van der Waals surface area contributed by atoms with Crippen molar-refractivity contribution in [2.45, 2.75) is 38.6 Å². The van der Waals surface area contributed by atoms with Gasteiger partial charge in [0.25, 0.3) is 5.91 Å². The van der Waals surface area contributed by atoms with Gasteiger partial charge in [0.15, 0.2) is 0 Å². The summed E-state index contributed by atoms with van der Waals surface area (Å²) >= 11 is 6.17. The van der Waals surface area contributed by atoms with Crippen LogP contribution in [0.3, 0.4) is 0 Å². The number of nitrogens with zero attached hydrogens (tertiary/aromatic N) is 2. The lowest BCUT2D eigenvalue weighted by molar-refractivity contribution is 0.0661. The second-order valence-electron chi connectivity index (χ2n) is 6.02. The van der Waals surface area contributed by atoms with Gasteiger partial charge in [-0.05, 0) is 42.9 Å². The maximum absolute atomic E-state index is 13.0. The van der Waals surface area contributed by atoms with Gasteiger partial charge in [-0.15, -0.1) is 0 Å². The first-order valence-electron chi connectivity index (χ1n) is 8.18. The summed E-state index contributed by atoms with van der Waals surface area (Å²) in [6, 6.07) is 10.5. The number of carbonyl (C=O) groups excluding carboxylic acids is 1. The van der Waals surface area contributed by atoms with E-state index in [4.69, 9.17) is 11.6 Å². The van der Waals surface area contributed by atoms with Crippen molar-refractivity contribution in [1.82, 2.24) is 9.88 Å². The van der Waals surface area contributed by atoms with Gasteiger partial charge in [-0.1, -0.05) is 42.8 Å². The number of halogens is 1. The van der Waals surface area contributed by atoms with Crippen molar-refractivity contribution < 1.29 is 4.79 Å². The summed E-state index contributed by atoms with van der Waals surface area (Å²) in [6.45, 7) is 2.86. The lowest BCUT2D eigenvalue weighted by atomic mass is 9.87. The number of carbonyl (C=O) groups is 1. The molecular formula is C19H21ClN2O. The smallest absolute Gasteiger partial charge is 0.255 e. The minimum absolute atomic E-state index is 0.0173. The Balaban J connectivity index is 1.85. The van der Waals surface area contributed by atoms with Crippen LogP contribution in [0.1, 0.15) is 41.3 Å². The molecule has 0 N–H and O–H groups in total. The van der Waals surface area contributed by atoms with Crippen LogP contribution in [0.5, 0.6) is 0 Å². The molecule has 1 aromatic heterocycles. The molecule has 1 amide bonds. The summed E-state index contributed by atoms with van der Waals surface area (Å²) in [5, 5.41) is 0.426. The van der Waals surface area contributed by atoms with Gasteiger partial charge in [-0.3, -0.25) is 9.78 Å². The zero-order valence-corrected chi connectivity index (χ0v) is 14.1. The molecule has 0 radical (unpaired) electrons. The Hall–Kier alpha value is -1.87. The van der Waals surface area contributed by atoms with E-state index in [2.05, 4.69) is 36.2 Å². The summed E-state index contributed by atoms with van der Waals surface area (Å²) in [7, 11) is 0. The number of rotatable bonds is 4. The molecular weight excluding hydrogens is 308 g/mol. The highest BCUT2D eigenvalue weighted by Crippen LogP contribution is 2.27. The minimum atomic E-state index is 0.0173. The summed E-state index contributed by atoms with van der Waals surface area (Å²) < 4.78 is 0. The molecule has 120 valence electrons. The van der Waals surface area contributed by atoms with Gasteiger partial charge < -0.3 is 4.90 Å². The molecule has 23 heavy (non-hydrogen) atoms. The highest BCUT2D eigenvalue weighted by Gasteiger charge is 2.28. The molecule has 1 aliphatic rings. The normalized spacial score (nSPS) is 16.7. The number of benzene rings is 1. The molecule has 3 nitrogen and oxygen atoms in total. The van der Waals surface area contributed by atoms with Gasteiger partial charge in [0.1, 0.15) is 0 Å². The van der Waals surface area contributed by atoms with E-state index in [1.807, 2.05) is 4.90 Å². The molecule has 0 saturated heterocycles. The fourth-order valence-corrected chi connectivity index (χ4v) is 3.54. The number of fused-ring (bicyclic) bond motifs is 1. The second kappa shape index (κ2) is 7.14. The predicted molar refractivity (Wildman–Crippen MR) is 92.8 cm³/mol. The van der Waals surface area contributed by atoms with E-state index < -0.39 is 0 Å². The highest BCUT2D eigenvalue weighted by molar-refractivity contribution is 6.33. The quantitative estimate of drug-likeness (QED) is 0.845. The number of amides is 1. The first-order chi connectivity index (χ1) is 11.2. The maximum atomic E-state index is 13.0. The van der Waals surface area contributed by atoms with Crippen molar-refractivity contribution in [2.24, 2.45) is 0 Å². The monoisotopic (exact) mass is 328 g/mol. The molecule has 2 aromatic rings. The summed E-state index contributed by atoms with van der Waals surface area (Å²) in [5.74, 6) is 0.0173. The number of pyridine rings is 1. The maximum Gasteiger partial charge on any atom is 0.255 e. The molecule has 0 bridgehead atoms. The standard InChI is InChI=1S/C19H21ClN2O/c1-2-11-22(19(23)17-9-10-21-13-18(17)20)16-8-7-14-5-3-4-6-15(14)12-16/h3-6,9-10,13,16H,2,7-8,11-12H2,1H3/t16-/m0/s1. The van der Waals surface area contributed by atoms with Gasteiger partial charge in [0.2, 0.25) is 0 Å². The number of hydrogen-bond donors (Lipinski definition) is 0. The number of aryl methyl sites for hydroxylation is 1. The van der Waals surface area contributed by atoms with Crippen molar-refractivity contribution in [3.8, 4) is 0 Å². The van der Waals surface area contributed by atoms with Crippen LogP contribution in [-0.4, -0.2) is 28.4 Å². The van der Waals surface area contributed by atoms with Crippen LogP contribution in [0.2, 0.25) is 5.02 Å². The molecule has 0 unspecified atom stereocenters. The summed E-state index contributed by atoms with van der Waals surface area (Å²) in [4.78, 5) is 18.9. The Morgan fingerprint density at radius 1 is 1.30 bits per heavy atom. The van der Waals surface area contributed by atoms with Gasteiger partial charge in [0.05, 0.1) is 10.6 Å². The third-order valence-electron chi connectivity index (χ3n) is 4.49. The molecule has 0 saturated carbocycles. The fourth-order valence-electron chi connectivity index (χ4n) is 3.34. The van der Waals surface area contributed by atoms with Crippen molar-refractivity contribution in [1.29, 1.82) is 0 Å². The van der Waals surface area contributed by atoms with Crippen LogP contribution in [0.25, 0.3) is 0 Å². The Morgan fingerprint density at radius 2 is 2.09 bits per heavy atom. The van der Waals surface area contributed by atoms with Crippen molar-refractivity contribution in [3.05, 3.63) is 64.4 Å². The zero-order valence-electron chi connectivity index (χ0n) is 13.3. The number of aromatic nitrogens is 1. The Bertz CT molecular complexity index is 701. The molecule has 1 heterocycles. The van der Waals surface area contributed by atoms with E-state index in [0.717, 1.165) is 32.2 Å². The van der Waals surface area contributed by atoms with Gasteiger partial charge in [-0.2, -0.15) is 0 Å². The van der Waals surface area contributed by atoms with Gasteiger partial charge in [-0.25, -0.2) is 0 Å². The van der Waals surface area contributed by atoms with Gasteiger partial charge >= 0.3 is 0 Å². The molecule has 1 atom stereocenters. The molecule has 3 rings (SSSR count). The second-order valence-corrected chi connectivity index (χ2v) is 6.43. The third kappa shape index (κ3) is 3.40. The van der Waals surface area contributed by atoms with Crippen molar-refractivity contribution in [2.75, 3.05) is 6.54 Å². The van der Waals surface area contributed by atoms with E-state index in [0.29, 0.717) is 10.6 Å². The van der Waals surface area contributed by atoms with E-state index in [1.54, 1.807) is 12.3 Å². The summed E-state index contributed by atoms with van der Waals surface area (Å²) in [5.41, 5.74) is 3.32. The van der Waals surface area contributed by atoms with Gasteiger partial charge in [0, 0.05) is 25.0 Å². The van der Waals surface area contributed by atoms with Crippen LogP contribution < -0.4 is 0 Å². The molecule has 0 fully saturated rings. The van der Waals surface area contributed by atoms with E-state index in [1.165, 1.54) is 17.3 Å². The molecule has 0 spiro atoms. The Labute approximate surface area is 142 Å². The average molecular weight is 329 g/mol. The Kier molecular flexibility index (Phi) is 4.97. The van der Waals surface area contributed by atoms with Crippen molar-refractivity contribution in [3.63, 3.8) is 0 Å². The van der Waals surface area contributed by atoms with Crippen LogP contribution in [0, 0.1) is 0 Å². The zero-order chi connectivity index (χ0) is 16.2. The highest BCUT2D eigenvalue weighted by atomic mass is 35.5. The first-order valence-corrected chi connectivity index (χ1v) is 8.55. The first kappa shape index (κ1) is 16.0. The lowest BCUT2D eigenvalue weighted by Crippen LogP contribution is -2.44. The van der Waals surface area contributed by atoms with E-state index >= 15 is 0 Å². The van der Waals surface area contributed by atoms with Crippen LogP contribution >= 0.6 is 11.6 Å². The third-order valence-corrected chi connectivity index (χ3v) is 4.79. The van der Waals surface area contributed by atoms with Crippen LogP contribution in [0.4, 0.5) is 0 Å². The average Bonchev–Trinajstić information content (AvgIpc) is 2.59. The number of hydrogen-bond acceptors (Lipinski definition) is 2. The Morgan fingerprint density at radius 3 is 2.83 bits per heavy atom. The van der Waals surface area contributed by atoms with Crippen molar-refractivity contribution >= 4 is 17.5 Å². The molecule has 1 aromatic carbocycles. The van der Waals surface area contributed by atoms with E-state index in [9.17, 15) is 4.79 Å². The molecule has 4 heteroatoms. The van der Waals surface area contributed by atoms with E-state index in [-0.39, 0.29) is 11.9 Å². The predicted octanol–water partition coefficient (Wildman–Crippen LogP) is 4.14. The molecule has 1 aliphatic carbocycles.